The van der Waals surface area contributed by atoms with Crippen LogP contribution < -0.4 is 5.32 Å². The summed E-state index contributed by atoms with van der Waals surface area (Å²) in [5.41, 5.74) is 0. The maximum atomic E-state index is 4.98. The molecule has 3 fully saturated rings. The van der Waals surface area contributed by atoms with Crippen LogP contribution in [0.5, 0.6) is 0 Å². The van der Waals surface area contributed by atoms with Crippen molar-refractivity contribution in [1.82, 2.24) is 5.32 Å². The van der Waals surface area contributed by atoms with E-state index in [0.717, 1.165) is 23.8 Å². The highest BCUT2D eigenvalue weighted by molar-refractivity contribution is 5.85. The summed E-state index contributed by atoms with van der Waals surface area (Å²) in [5.74, 6) is 4.26. The highest BCUT2D eigenvalue weighted by Crippen LogP contribution is 2.45. The second kappa shape index (κ2) is 5.03. The van der Waals surface area contributed by atoms with Crippen LogP contribution in [0, 0.1) is 17.8 Å². The lowest BCUT2D eigenvalue weighted by Crippen LogP contribution is -2.37. The van der Waals surface area contributed by atoms with Crippen molar-refractivity contribution in [2.24, 2.45) is 22.7 Å². The van der Waals surface area contributed by atoms with Gasteiger partial charge in [0.25, 0.3) is 0 Å². The Hall–Kier alpha value is -0.240. The van der Waals surface area contributed by atoms with Crippen LogP contribution in [0.15, 0.2) is 4.99 Å². The Balaban J connectivity index is 0.000001000. The summed E-state index contributed by atoms with van der Waals surface area (Å²) in [6, 6.07) is 1.49. The summed E-state index contributed by atoms with van der Waals surface area (Å²) in [7, 11) is 0. The first-order valence-electron chi connectivity index (χ1n) is 7.73. The van der Waals surface area contributed by atoms with Gasteiger partial charge < -0.3 is 5.32 Å². The van der Waals surface area contributed by atoms with E-state index in [-0.39, 0.29) is 12.4 Å². The molecule has 1 heterocycles. The molecule has 0 saturated heterocycles. The first kappa shape index (κ1) is 12.8. The monoisotopic (exact) mass is 268 g/mol. The van der Waals surface area contributed by atoms with E-state index in [1.807, 2.05) is 0 Å². The second-order valence-corrected chi connectivity index (χ2v) is 6.74. The van der Waals surface area contributed by atoms with Crippen molar-refractivity contribution in [3.8, 4) is 0 Å². The third-order valence-electron chi connectivity index (χ3n) is 5.24. The first-order valence-corrected chi connectivity index (χ1v) is 7.73. The Labute approximate surface area is 116 Å². The van der Waals surface area contributed by atoms with E-state index in [4.69, 9.17) is 4.99 Å². The SMILES string of the molecule is C1CC[C@H]2N=C(NC(C3CC3)C3CC3)C[C@H]2C1.Cl. The summed E-state index contributed by atoms with van der Waals surface area (Å²) in [4.78, 5) is 4.98. The van der Waals surface area contributed by atoms with Gasteiger partial charge in [0.1, 0.15) is 0 Å². The summed E-state index contributed by atoms with van der Waals surface area (Å²) in [5, 5.41) is 3.85. The van der Waals surface area contributed by atoms with Gasteiger partial charge in [-0.1, -0.05) is 12.8 Å². The van der Waals surface area contributed by atoms with Crippen molar-refractivity contribution in [3.05, 3.63) is 0 Å². The van der Waals surface area contributed by atoms with Crippen LogP contribution in [0.1, 0.15) is 57.8 Å². The molecule has 0 unspecified atom stereocenters. The summed E-state index contributed by atoms with van der Waals surface area (Å²) in [6.45, 7) is 0. The molecule has 3 heteroatoms. The molecule has 0 aromatic heterocycles. The Morgan fingerprint density at radius 1 is 0.944 bits per heavy atom. The zero-order valence-electron chi connectivity index (χ0n) is 11.1. The van der Waals surface area contributed by atoms with E-state index < -0.39 is 0 Å². The summed E-state index contributed by atoms with van der Waals surface area (Å²) in [6.07, 6.45) is 12.8. The largest absolute Gasteiger partial charge is 0.371 e. The molecule has 3 aliphatic carbocycles. The van der Waals surface area contributed by atoms with Crippen molar-refractivity contribution in [2.75, 3.05) is 0 Å². The average Bonchev–Trinajstić information content (AvgIpc) is 3.22. The quantitative estimate of drug-likeness (QED) is 0.832. The maximum Gasteiger partial charge on any atom is 0.0972 e. The van der Waals surface area contributed by atoms with E-state index in [9.17, 15) is 0 Å². The van der Waals surface area contributed by atoms with Gasteiger partial charge in [0.2, 0.25) is 0 Å². The molecule has 2 atom stereocenters. The van der Waals surface area contributed by atoms with Gasteiger partial charge in [-0.3, -0.25) is 4.99 Å². The van der Waals surface area contributed by atoms with Gasteiger partial charge in [-0.15, -0.1) is 12.4 Å². The maximum absolute atomic E-state index is 4.98. The number of amidine groups is 1. The fourth-order valence-corrected chi connectivity index (χ4v) is 3.92. The molecule has 1 N–H and O–H groups in total. The molecule has 18 heavy (non-hydrogen) atoms. The number of hydrogen-bond acceptors (Lipinski definition) is 2. The zero-order valence-corrected chi connectivity index (χ0v) is 11.9. The minimum Gasteiger partial charge on any atom is -0.371 e. The lowest BCUT2D eigenvalue weighted by Gasteiger charge is -2.22. The summed E-state index contributed by atoms with van der Waals surface area (Å²) >= 11 is 0. The molecule has 0 aromatic rings. The number of aliphatic imine (C=N–C) groups is 1. The molecule has 1 aliphatic heterocycles. The normalized spacial score (nSPS) is 34.8. The van der Waals surface area contributed by atoms with Gasteiger partial charge in [-0.05, 0) is 56.3 Å². The van der Waals surface area contributed by atoms with Gasteiger partial charge in [-0.25, -0.2) is 0 Å². The van der Waals surface area contributed by atoms with Crippen molar-refractivity contribution in [3.63, 3.8) is 0 Å². The number of hydrogen-bond donors (Lipinski definition) is 1. The fraction of sp³-hybridized carbons (Fsp3) is 0.933. The van der Waals surface area contributed by atoms with Crippen LogP contribution in [0.2, 0.25) is 0 Å². The number of nitrogens with one attached hydrogen (secondary N) is 1. The topological polar surface area (TPSA) is 24.4 Å². The highest BCUT2D eigenvalue weighted by Gasteiger charge is 2.43. The minimum atomic E-state index is 0. The number of halogens is 1. The Bertz CT molecular complexity index is 321. The Morgan fingerprint density at radius 3 is 2.22 bits per heavy atom. The molecule has 0 radical (unpaired) electrons. The van der Waals surface area contributed by atoms with Crippen LogP contribution in [-0.2, 0) is 0 Å². The molecular weight excluding hydrogens is 244 g/mol. The van der Waals surface area contributed by atoms with Gasteiger partial charge >= 0.3 is 0 Å². The number of rotatable bonds is 3. The van der Waals surface area contributed by atoms with E-state index in [1.165, 1.54) is 63.6 Å². The van der Waals surface area contributed by atoms with Crippen LogP contribution in [0.25, 0.3) is 0 Å². The van der Waals surface area contributed by atoms with E-state index in [1.54, 1.807) is 0 Å². The summed E-state index contributed by atoms with van der Waals surface area (Å²) < 4.78 is 0. The van der Waals surface area contributed by atoms with Crippen molar-refractivity contribution in [2.45, 2.75) is 69.9 Å². The second-order valence-electron chi connectivity index (χ2n) is 6.74. The van der Waals surface area contributed by atoms with Gasteiger partial charge in [-0.2, -0.15) is 0 Å². The standard InChI is InChI=1S/C15H24N2.ClH/c1-2-4-13-12(3-1)9-14(16-13)17-15(10-5-6-10)11-7-8-11;/h10-13,15H,1-9H2,(H,16,17);1H/t12-,13-;/m1./s1. The highest BCUT2D eigenvalue weighted by atomic mass is 35.5. The molecule has 0 bridgehead atoms. The Morgan fingerprint density at radius 2 is 1.61 bits per heavy atom. The Kier molecular flexibility index (Phi) is 3.57. The van der Waals surface area contributed by atoms with Gasteiger partial charge in [0.05, 0.1) is 11.9 Å². The number of nitrogens with zero attached hydrogens (tertiary/aromatic N) is 1. The molecule has 0 spiro atoms. The molecule has 2 nitrogen and oxygen atoms in total. The average molecular weight is 269 g/mol. The molecule has 0 aromatic carbocycles. The van der Waals surface area contributed by atoms with Crippen LogP contribution in [0.4, 0.5) is 0 Å². The number of fused-ring (bicyclic) bond motifs is 1. The lowest BCUT2D eigenvalue weighted by atomic mass is 9.85. The lowest BCUT2D eigenvalue weighted by molar-refractivity contribution is 0.337. The third-order valence-corrected chi connectivity index (χ3v) is 5.24. The van der Waals surface area contributed by atoms with E-state index >= 15 is 0 Å². The molecule has 3 saturated carbocycles. The molecule has 4 aliphatic rings. The predicted molar refractivity (Wildman–Crippen MR) is 77.4 cm³/mol. The molecule has 102 valence electrons. The van der Waals surface area contributed by atoms with Gasteiger partial charge in [0, 0.05) is 12.5 Å². The van der Waals surface area contributed by atoms with Crippen molar-refractivity contribution < 1.29 is 0 Å². The molecule has 0 amide bonds. The van der Waals surface area contributed by atoms with Crippen molar-refractivity contribution in [1.29, 1.82) is 0 Å². The smallest absolute Gasteiger partial charge is 0.0972 e. The van der Waals surface area contributed by atoms with Crippen LogP contribution in [0.3, 0.4) is 0 Å². The van der Waals surface area contributed by atoms with Crippen molar-refractivity contribution >= 4 is 18.2 Å². The van der Waals surface area contributed by atoms with Gasteiger partial charge in [0.15, 0.2) is 0 Å². The van der Waals surface area contributed by atoms with Crippen LogP contribution >= 0.6 is 12.4 Å². The third kappa shape index (κ3) is 2.54. The predicted octanol–water partition coefficient (Wildman–Crippen LogP) is 3.55. The molecular formula is C15H25ClN2. The molecule has 4 rings (SSSR count). The van der Waals surface area contributed by atoms with Crippen LogP contribution in [-0.4, -0.2) is 17.9 Å². The zero-order chi connectivity index (χ0) is 11.2. The first-order chi connectivity index (χ1) is 8.40. The fourth-order valence-electron chi connectivity index (χ4n) is 3.92. The van der Waals surface area contributed by atoms with E-state index in [0.29, 0.717) is 6.04 Å². The van der Waals surface area contributed by atoms with E-state index in [2.05, 4.69) is 5.32 Å². The minimum absolute atomic E-state index is 0.